The molecule has 0 unspecified atom stereocenters. The molecule has 1 aromatic heterocycles. The Morgan fingerprint density at radius 1 is 1.32 bits per heavy atom. The second-order valence-electron chi connectivity index (χ2n) is 5.89. The van der Waals surface area contributed by atoms with Gasteiger partial charge in [-0.05, 0) is 38.8 Å². The molecule has 0 atom stereocenters. The number of hydrogen-bond acceptors (Lipinski definition) is 4. The molecule has 1 N–H and O–H groups in total. The number of piperidine rings is 1. The first-order chi connectivity index (χ1) is 9.29. The summed E-state index contributed by atoms with van der Waals surface area (Å²) in [7, 11) is 2.17. The summed E-state index contributed by atoms with van der Waals surface area (Å²) in [5.41, 5.74) is 1.23. The van der Waals surface area contributed by atoms with Crippen LogP contribution in [0.3, 0.4) is 0 Å². The van der Waals surface area contributed by atoms with Crippen LogP contribution < -0.4 is 5.32 Å². The quantitative estimate of drug-likeness (QED) is 0.854. The molecule has 0 amide bonds. The lowest BCUT2D eigenvalue weighted by Crippen LogP contribution is -2.34. The fourth-order valence-corrected chi connectivity index (χ4v) is 2.50. The third-order valence-electron chi connectivity index (χ3n) is 4.01. The number of hydrogen-bond donors (Lipinski definition) is 1. The molecule has 1 saturated heterocycles. The predicted octanol–water partition coefficient (Wildman–Crippen LogP) is 2.14. The van der Waals surface area contributed by atoms with Crippen molar-refractivity contribution >= 4 is 0 Å². The van der Waals surface area contributed by atoms with Gasteiger partial charge in [0.25, 0.3) is 0 Å². The highest BCUT2D eigenvalue weighted by Gasteiger charge is 2.20. The normalized spacial score (nSPS) is 21.9. The predicted molar refractivity (Wildman–Crippen MR) is 73.9 cm³/mol. The monoisotopic (exact) mass is 264 g/mol. The van der Waals surface area contributed by atoms with E-state index in [1.54, 1.807) is 0 Å². The van der Waals surface area contributed by atoms with Crippen molar-refractivity contribution in [3.8, 4) is 0 Å². The van der Waals surface area contributed by atoms with Gasteiger partial charge in [-0.3, -0.25) is 0 Å². The average Bonchev–Trinajstić information content (AvgIpc) is 3.15. The Hall–Kier alpha value is -0.840. The van der Waals surface area contributed by atoms with E-state index < -0.39 is 0 Å². The van der Waals surface area contributed by atoms with Crippen LogP contribution in [0.5, 0.6) is 0 Å². The minimum Gasteiger partial charge on any atom is -0.467 e. The number of nitrogens with one attached hydrogen (secondary N) is 1. The van der Waals surface area contributed by atoms with Crippen molar-refractivity contribution in [2.24, 2.45) is 0 Å². The summed E-state index contributed by atoms with van der Waals surface area (Å²) in [4.78, 5) is 2.36. The van der Waals surface area contributed by atoms with E-state index in [1.807, 2.05) is 6.26 Å². The van der Waals surface area contributed by atoms with Gasteiger partial charge in [-0.2, -0.15) is 0 Å². The first-order valence-corrected chi connectivity index (χ1v) is 7.39. The van der Waals surface area contributed by atoms with Gasteiger partial charge in [0.2, 0.25) is 0 Å². The van der Waals surface area contributed by atoms with E-state index in [9.17, 15) is 0 Å². The molecule has 0 spiro atoms. The molecule has 1 saturated carbocycles. The van der Waals surface area contributed by atoms with E-state index in [0.717, 1.165) is 44.3 Å². The maximum absolute atomic E-state index is 5.93. The molecule has 2 heterocycles. The van der Waals surface area contributed by atoms with Gasteiger partial charge in [0.1, 0.15) is 12.4 Å². The van der Waals surface area contributed by atoms with Crippen LogP contribution in [0.15, 0.2) is 16.7 Å². The number of ether oxygens (including phenoxy) is 1. The SMILES string of the molecule is CN1CCC(OCc2cc(CNC3CC3)co2)CC1. The minimum absolute atomic E-state index is 0.398. The molecule has 1 aliphatic heterocycles. The Kier molecular flexibility index (Phi) is 4.21. The standard InChI is InChI=1S/C15H24N2O2/c1-17-6-4-14(5-7-17)19-11-15-8-12(10-18-15)9-16-13-2-3-13/h8,10,13-14,16H,2-7,9,11H2,1H3. The summed E-state index contributed by atoms with van der Waals surface area (Å²) in [6, 6.07) is 2.86. The highest BCUT2D eigenvalue weighted by molar-refractivity contribution is 5.12. The van der Waals surface area contributed by atoms with Crippen LogP contribution in [-0.2, 0) is 17.9 Å². The van der Waals surface area contributed by atoms with E-state index in [-0.39, 0.29) is 0 Å². The van der Waals surface area contributed by atoms with E-state index >= 15 is 0 Å². The van der Waals surface area contributed by atoms with Crippen LogP contribution in [-0.4, -0.2) is 37.2 Å². The third kappa shape index (κ3) is 4.06. The van der Waals surface area contributed by atoms with Crippen LogP contribution in [0.1, 0.15) is 37.0 Å². The van der Waals surface area contributed by atoms with Crippen molar-refractivity contribution < 1.29 is 9.15 Å². The van der Waals surface area contributed by atoms with Gasteiger partial charge >= 0.3 is 0 Å². The Morgan fingerprint density at radius 2 is 2.11 bits per heavy atom. The number of furan rings is 1. The van der Waals surface area contributed by atoms with Gasteiger partial charge in [0, 0.05) is 31.2 Å². The average molecular weight is 264 g/mol. The zero-order valence-corrected chi connectivity index (χ0v) is 11.7. The van der Waals surface area contributed by atoms with E-state index in [0.29, 0.717) is 12.7 Å². The minimum atomic E-state index is 0.398. The molecule has 1 aromatic rings. The Balaban J connectivity index is 1.39. The van der Waals surface area contributed by atoms with Crippen molar-refractivity contribution in [2.75, 3.05) is 20.1 Å². The van der Waals surface area contributed by atoms with Crippen molar-refractivity contribution in [2.45, 2.75) is 51.0 Å². The van der Waals surface area contributed by atoms with Crippen LogP contribution in [0.4, 0.5) is 0 Å². The summed E-state index contributed by atoms with van der Waals surface area (Å²) in [6.07, 6.45) is 7.16. The summed E-state index contributed by atoms with van der Waals surface area (Å²) in [5, 5.41) is 3.49. The Morgan fingerprint density at radius 3 is 2.84 bits per heavy atom. The van der Waals surface area contributed by atoms with Gasteiger partial charge < -0.3 is 19.4 Å². The molecule has 3 rings (SSSR count). The van der Waals surface area contributed by atoms with Gasteiger partial charge in [-0.15, -0.1) is 0 Å². The highest BCUT2D eigenvalue weighted by Crippen LogP contribution is 2.20. The fourth-order valence-electron chi connectivity index (χ4n) is 2.50. The smallest absolute Gasteiger partial charge is 0.129 e. The summed E-state index contributed by atoms with van der Waals surface area (Å²) in [5.74, 6) is 0.950. The molecule has 19 heavy (non-hydrogen) atoms. The van der Waals surface area contributed by atoms with Crippen molar-refractivity contribution in [3.63, 3.8) is 0 Å². The molecule has 0 aromatic carbocycles. The molecule has 0 radical (unpaired) electrons. The second kappa shape index (κ2) is 6.07. The van der Waals surface area contributed by atoms with E-state index in [4.69, 9.17) is 9.15 Å². The maximum atomic E-state index is 5.93. The topological polar surface area (TPSA) is 37.6 Å². The molecule has 106 valence electrons. The van der Waals surface area contributed by atoms with Gasteiger partial charge in [-0.25, -0.2) is 0 Å². The summed E-state index contributed by atoms with van der Waals surface area (Å²) < 4.78 is 11.5. The van der Waals surface area contributed by atoms with Crippen LogP contribution in [0.25, 0.3) is 0 Å². The molecular formula is C15H24N2O2. The van der Waals surface area contributed by atoms with Crippen LogP contribution in [0, 0.1) is 0 Å². The zero-order chi connectivity index (χ0) is 13.1. The molecule has 2 aliphatic rings. The highest BCUT2D eigenvalue weighted by atomic mass is 16.5. The van der Waals surface area contributed by atoms with Gasteiger partial charge in [-0.1, -0.05) is 0 Å². The maximum Gasteiger partial charge on any atom is 0.129 e. The third-order valence-corrected chi connectivity index (χ3v) is 4.01. The van der Waals surface area contributed by atoms with Gasteiger partial charge in [0.05, 0.1) is 12.4 Å². The largest absolute Gasteiger partial charge is 0.467 e. The van der Waals surface area contributed by atoms with Crippen LogP contribution in [0.2, 0.25) is 0 Å². The Labute approximate surface area is 115 Å². The van der Waals surface area contributed by atoms with Crippen LogP contribution >= 0.6 is 0 Å². The molecule has 0 bridgehead atoms. The number of rotatable bonds is 6. The number of nitrogens with zero attached hydrogens (tertiary/aromatic N) is 1. The lowest BCUT2D eigenvalue weighted by Gasteiger charge is -2.28. The van der Waals surface area contributed by atoms with Crippen molar-refractivity contribution in [1.29, 1.82) is 0 Å². The first kappa shape index (κ1) is 13.2. The van der Waals surface area contributed by atoms with E-state index in [2.05, 4.69) is 23.3 Å². The first-order valence-electron chi connectivity index (χ1n) is 7.39. The van der Waals surface area contributed by atoms with Crippen molar-refractivity contribution in [3.05, 3.63) is 23.7 Å². The molecular weight excluding hydrogens is 240 g/mol. The molecule has 2 fully saturated rings. The van der Waals surface area contributed by atoms with Gasteiger partial charge in [0.15, 0.2) is 0 Å². The van der Waals surface area contributed by atoms with E-state index in [1.165, 1.54) is 18.4 Å². The fraction of sp³-hybridized carbons (Fsp3) is 0.733. The summed E-state index contributed by atoms with van der Waals surface area (Å²) >= 11 is 0. The Bertz CT molecular complexity index is 393. The lowest BCUT2D eigenvalue weighted by atomic mass is 10.1. The molecule has 1 aliphatic carbocycles. The zero-order valence-electron chi connectivity index (χ0n) is 11.7. The summed E-state index contributed by atoms with van der Waals surface area (Å²) in [6.45, 7) is 3.80. The van der Waals surface area contributed by atoms with Crippen molar-refractivity contribution in [1.82, 2.24) is 10.2 Å². The second-order valence-corrected chi connectivity index (χ2v) is 5.89. The molecule has 4 heteroatoms. The number of likely N-dealkylation sites (tertiary alicyclic amines) is 1. The lowest BCUT2D eigenvalue weighted by molar-refractivity contribution is -0.00478. The molecule has 4 nitrogen and oxygen atoms in total.